The molecule has 2 aromatic carbocycles. The van der Waals surface area contributed by atoms with E-state index in [-0.39, 0.29) is 5.69 Å². The SMILES string of the molecule is Cc1ccc(N)cc1-c1nnnn1-c1cc(Br)ccc1F. The van der Waals surface area contributed by atoms with Gasteiger partial charge in [0.15, 0.2) is 5.82 Å². The highest BCUT2D eigenvalue weighted by Crippen LogP contribution is 2.27. The van der Waals surface area contributed by atoms with Gasteiger partial charge < -0.3 is 5.73 Å². The van der Waals surface area contributed by atoms with Crippen molar-refractivity contribution in [1.82, 2.24) is 20.2 Å². The smallest absolute Gasteiger partial charge is 0.187 e. The molecule has 0 aliphatic heterocycles. The van der Waals surface area contributed by atoms with Crippen LogP contribution in [-0.4, -0.2) is 20.2 Å². The maximum Gasteiger partial charge on any atom is 0.187 e. The first-order valence-electron chi connectivity index (χ1n) is 6.16. The molecular formula is C14H11BrFN5. The van der Waals surface area contributed by atoms with Gasteiger partial charge in [-0.3, -0.25) is 0 Å². The van der Waals surface area contributed by atoms with Gasteiger partial charge in [-0.25, -0.2) is 4.39 Å². The lowest BCUT2D eigenvalue weighted by atomic mass is 10.1. The number of halogens is 2. The Bertz CT molecular complexity index is 749. The molecule has 1 aromatic heterocycles. The Hall–Kier alpha value is -2.28. The maximum atomic E-state index is 14.0. The number of anilines is 1. The summed E-state index contributed by atoms with van der Waals surface area (Å²) in [6.45, 7) is 1.92. The molecule has 5 nitrogen and oxygen atoms in total. The summed E-state index contributed by atoms with van der Waals surface area (Å²) in [6.07, 6.45) is 0. The zero-order valence-electron chi connectivity index (χ0n) is 11.1. The molecule has 0 amide bonds. The predicted molar refractivity (Wildman–Crippen MR) is 81.4 cm³/mol. The molecule has 1 heterocycles. The first-order chi connectivity index (χ1) is 10.1. The van der Waals surface area contributed by atoms with E-state index in [1.54, 1.807) is 24.3 Å². The van der Waals surface area contributed by atoms with Crippen molar-refractivity contribution in [2.45, 2.75) is 6.92 Å². The summed E-state index contributed by atoms with van der Waals surface area (Å²) in [5.41, 5.74) is 8.40. The van der Waals surface area contributed by atoms with E-state index in [2.05, 4.69) is 31.5 Å². The van der Waals surface area contributed by atoms with Crippen LogP contribution in [0.2, 0.25) is 0 Å². The second-order valence-corrected chi connectivity index (χ2v) is 5.50. The van der Waals surface area contributed by atoms with Crippen molar-refractivity contribution >= 4 is 21.6 Å². The lowest BCUT2D eigenvalue weighted by Crippen LogP contribution is -2.04. The summed E-state index contributed by atoms with van der Waals surface area (Å²) >= 11 is 3.32. The number of hydrogen-bond donors (Lipinski definition) is 1. The number of nitrogen functional groups attached to an aromatic ring is 1. The molecule has 0 aliphatic rings. The molecule has 7 heteroatoms. The van der Waals surface area contributed by atoms with Gasteiger partial charge in [-0.15, -0.1) is 5.10 Å². The molecule has 0 unspecified atom stereocenters. The number of aromatic nitrogens is 4. The second kappa shape index (κ2) is 5.25. The van der Waals surface area contributed by atoms with E-state index in [1.165, 1.54) is 10.7 Å². The van der Waals surface area contributed by atoms with E-state index in [0.29, 0.717) is 11.5 Å². The molecule has 0 radical (unpaired) electrons. The molecular weight excluding hydrogens is 337 g/mol. The molecule has 0 aliphatic carbocycles. The van der Waals surface area contributed by atoms with Crippen LogP contribution in [0.4, 0.5) is 10.1 Å². The van der Waals surface area contributed by atoms with Gasteiger partial charge in [0, 0.05) is 15.7 Å². The molecule has 0 saturated carbocycles. The van der Waals surface area contributed by atoms with Gasteiger partial charge in [-0.05, 0) is 53.2 Å². The van der Waals surface area contributed by atoms with Crippen molar-refractivity contribution in [1.29, 1.82) is 0 Å². The lowest BCUT2D eigenvalue weighted by Gasteiger charge is -2.09. The van der Waals surface area contributed by atoms with Crippen LogP contribution in [0, 0.1) is 12.7 Å². The summed E-state index contributed by atoms with van der Waals surface area (Å²) in [6, 6.07) is 10.0. The fourth-order valence-electron chi connectivity index (χ4n) is 2.05. The third kappa shape index (κ3) is 2.52. The fourth-order valence-corrected chi connectivity index (χ4v) is 2.39. The van der Waals surface area contributed by atoms with Crippen molar-refractivity contribution in [3.05, 3.63) is 52.3 Å². The van der Waals surface area contributed by atoms with E-state index in [1.807, 2.05) is 13.0 Å². The highest BCUT2D eigenvalue weighted by Gasteiger charge is 2.16. The number of rotatable bonds is 2. The number of tetrazole rings is 1. The topological polar surface area (TPSA) is 69.6 Å². The number of hydrogen-bond acceptors (Lipinski definition) is 4. The number of benzene rings is 2. The highest BCUT2D eigenvalue weighted by molar-refractivity contribution is 9.10. The summed E-state index contributed by atoms with van der Waals surface area (Å²) in [7, 11) is 0. The molecule has 0 saturated heterocycles. The van der Waals surface area contributed by atoms with Crippen LogP contribution in [0.15, 0.2) is 40.9 Å². The van der Waals surface area contributed by atoms with Crippen LogP contribution < -0.4 is 5.73 Å². The van der Waals surface area contributed by atoms with E-state index in [4.69, 9.17) is 5.73 Å². The largest absolute Gasteiger partial charge is 0.399 e. The first-order valence-corrected chi connectivity index (χ1v) is 6.96. The van der Waals surface area contributed by atoms with Crippen molar-refractivity contribution in [2.24, 2.45) is 0 Å². The number of aryl methyl sites for hydroxylation is 1. The number of nitrogens with two attached hydrogens (primary N) is 1. The average Bonchev–Trinajstić information content (AvgIpc) is 2.93. The molecule has 3 aromatic rings. The lowest BCUT2D eigenvalue weighted by molar-refractivity contribution is 0.607. The van der Waals surface area contributed by atoms with Gasteiger partial charge in [-0.1, -0.05) is 22.0 Å². The Labute approximate surface area is 128 Å². The summed E-state index contributed by atoms with van der Waals surface area (Å²) in [5, 5.41) is 11.5. The standard InChI is InChI=1S/C14H11BrFN5/c1-8-2-4-10(17)7-11(8)14-18-19-20-21(14)13-6-9(15)3-5-12(13)16/h2-7H,17H2,1H3. The zero-order valence-corrected chi connectivity index (χ0v) is 12.7. The molecule has 0 spiro atoms. The average molecular weight is 348 g/mol. The van der Waals surface area contributed by atoms with Gasteiger partial charge in [0.05, 0.1) is 0 Å². The molecule has 106 valence electrons. The zero-order chi connectivity index (χ0) is 15.0. The quantitative estimate of drug-likeness (QED) is 0.723. The van der Waals surface area contributed by atoms with Gasteiger partial charge >= 0.3 is 0 Å². The third-order valence-electron chi connectivity index (χ3n) is 3.11. The van der Waals surface area contributed by atoms with Crippen LogP contribution in [0.3, 0.4) is 0 Å². The summed E-state index contributed by atoms with van der Waals surface area (Å²) in [4.78, 5) is 0. The minimum atomic E-state index is -0.409. The summed E-state index contributed by atoms with van der Waals surface area (Å²) in [5.74, 6) is 0.0325. The fraction of sp³-hybridized carbons (Fsp3) is 0.0714. The molecule has 3 rings (SSSR count). The van der Waals surface area contributed by atoms with Gasteiger partial charge in [-0.2, -0.15) is 4.68 Å². The molecule has 21 heavy (non-hydrogen) atoms. The maximum absolute atomic E-state index is 14.0. The van der Waals surface area contributed by atoms with Gasteiger partial charge in [0.25, 0.3) is 0 Å². The van der Waals surface area contributed by atoms with E-state index in [9.17, 15) is 4.39 Å². The Balaban J connectivity index is 2.22. The van der Waals surface area contributed by atoms with Gasteiger partial charge in [0.1, 0.15) is 11.5 Å². The monoisotopic (exact) mass is 347 g/mol. The van der Waals surface area contributed by atoms with E-state index >= 15 is 0 Å². The Morgan fingerprint density at radius 2 is 2.00 bits per heavy atom. The predicted octanol–water partition coefficient (Wildman–Crippen LogP) is 3.12. The Kier molecular flexibility index (Phi) is 3.42. The van der Waals surface area contributed by atoms with Crippen molar-refractivity contribution in [3.63, 3.8) is 0 Å². The van der Waals surface area contributed by atoms with Crippen LogP contribution in [0.25, 0.3) is 17.1 Å². The Morgan fingerprint density at radius 1 is 1.19 bits per heavy atom. The molecule has 0 atom stereocenters. The summed E-state index contributed by atoms with van der Waals surface area (Å²) < 4.78 is 16.1. The van der Waals surface area contributed by atoms with Crippen molar-refractivity contribution in [2.75, 3.05) is 5.73 Å². The third-order valence-corrected chi connectivity index (χ3v) is 3.60. The van der Waals surface area contributed by atoms with E-state index < -0.39 is 5.82 Å². The first kappa shape index (κ1) is 13.7. The van der Waals surface area contributed by atoms with Gasteiger partial charge in [0.2, 0.25) is 0 Å². The molecule has 0 bridgehead atoms. The van der Waals surface area contributed by atoms with Crippen LogP contribution in [0.1, 0.15) is 5.56 Å². The molecule has 2 N–H and O–H groups in total. The second-order valence-electron chi connectivity index (χ2n) is 4.58. The normalized spacial score (nSPS) is 10.8. The molecule has 0 fully saturated rings. The van der Waals surface area contributed by atoms with Crippen molar-refractivity contribution in [3.8, 4) is 17.1 Å². The van der Waals surface area contributed by atoms with Crippen molar-refractivity contribution < 1.29 is 4.39 Å². The Morgan fingerprint density at radius 3 is 2.81 bits per heavy atom. The highest BCUT2D eigenvalue weighted by atomic mass is 79.9. The van der Waals surface area contributed by atoms with Crippen LogP contribution >= 0.6 is 15.9 Å². The van der Waals surface area contributed by atoms with Crippen LogP contribution in [0.5, 0.6) is 0 Å². The number of nitrogens with zero attached hydrogens (tertiary/aromatic N) is 4. The van der Waals surface area contributed by atoms with Crippen LogP contribution in [-0.2, 0) is 0 Å². The minimum Gasteiger partial charge on any atom is -0.399 e. The van der Waals surface area contributed by atoms with E-state index in [0.717, 1.165) is 15.6 Å². The minimum absolute atomic E-state index is 0.270.